The number of nitrogens with one attached hydrogen (secondary N) is 5. The van der Waals surface area contributed by atoms with Gasteiger partial charge in [0.15, 0.2) is 0 Å². The lowest BCUT2D eigenvalue weighted by molar-refractivity contribution is -0.145. The van der Waals surface area contributed by atoms with Crippen LogP contribution in [-0.2, 0) is 35.2 Å². The maximum absolute atomic E-state index is 14.3. The van der Waals surface area contributed by atoms with Crippen molar-refractivity contribution in [3.05, 3.63) is 12.2 Å². The monoisotopic (exact) mass is 686 g/mol. The predicted molar refractivity (Wildman–Crippen MR) is 184 cm³/mol. The normalized spacial score (nSPS) is 21.1. The van der Waals surface area contributed by atoms with Gasteiger partial charge in [0.05, 0.1) is 6.04 Å². The fourth-order valence-corrected chi connectivity index (χ4v) is 6.88. The van der Waals surface area contributed by atoms with Crippen molar-refractivity contribution in [3.63, 3.8) is 0 Å². The molecule has 0 radical (unpaired) electrons. The van der Waals surface area contributed by atoms with Crippen LogP contribution >= 0.6 is 0 Å². The highest BCUT2D eigenvalue weighted by atomic mass is 16.2. The Kier molecular flexibility index (Phi) is 15.2. The van der Waals surface area contributed by atoms with Crippen molar-refractivity contribution in [2.75, 3.05) is 6.54 Å². The van der Waals surface area contributed by atoms with Crippen LogP contribution in [0.15, 0.2) is 6.33 Å². The van der Waals surface area contributed by atoms with E-state index < -0.39 is 47.7 Å². The largest absolute Gasteiger partial charge is 0.347 e. The third kappa shape index (κ3) is 10.8. The van der Waals surface area contributed by atoms with Gasteiger partial charge in [-0.15, -0.1) is 10.2 Å². The van der Waals surface area contributed by atoms with Gasteiger partial charge in [-0.3, -0.25) is 28.8 Å². The summed E-state index contributed by atoms with van der Waals surface area (Å²) in [5.41, 5.74) is 0. The van der Waals surface area contributed by atoms with Crippen LogP contribution in [0.4, 0.5) is 0 Å². The highest BCUT2D eigenvalue weighted by Crippen LogP contribution is 2.42. The lowest BCUT2D eigenvalue weighted by Crippen LogP contribution is -2.60. The molecule has 274 valence electrons. The minimum absolute atomic E-state index is 0.0782. The summed E-state index contributed by atoms with van der Waals surface area (Å²) < 4.78 is 0. The molecule has 1 aliphatic carbocycles. The van der Waals surface area contributed by atoms with Gasteiger partial charge in [-0.1, -0.05) is 54.4 Å². The molecule has 2 heterocycles. The molecule has 5 N–H and O–H groups in total. The van der Waals surface area contributed by atoms with Gasteiger partial charge in [-0.25, -0.2) is 0 Å². The van der Waals surface area contributed by atoms with Crippen LogP contribution in [0.2, 0.25) is 0 Å². The predicted octanol–water partition coefficient (Wildman–Crippen LogP) is 2.19. The molecule has 2 aliphatic rings. The molecule has 0 bridgehead atoms. The average molecular weight is 687 g/mol. The molecule has 0 spiro atoms. The van der Waals surface area contributed by atoms with Crippen molar-refractivity contribution in [2.24, 2.45) is 23.7 Å². The molecule has 1 saturated carbocycles. The number of H-pyrrole nitrogens is 1. The summed E-state index contributed by atoms with van der Waals surface area (Å²) in [4.78, 5) is 85.0. The number of aryl methyl sites for hydroxylation is 1. The second kappa shape index (κ2) is 18.8. The van der Waals surface area contributed by atoms with E-state index in [1.807, 2.05) is 48.5 Å². The topological polar surface area (TPSA) is 195 Å². The van der Waals surface area contributed by atoms with Gasteiger partial charge in [0.1, 0.15) is 30.3 Å². The second-order valence-electron chi connectivity index (χ2n) is 14.4. The molecule has 14 nitrogen and oxygen atoms in total. The summed E-state index contributed by atoms with van der Waals surface area (Å²) in [6.07, 6.45) is 7.88. The number of rotatable bonds is 19. The van der Waals surface area contributed by atoms with Crippen LogP contribution in [0.1, 0.15) is 112 Å². The number of Topliss-reactive ketones (excluding diaryl/α,β-unsaturated/α-hetero) is 1. The zero-order chi connectivity index (χ0) is 36.2. The van der Waals surface area contributed by atoms with E-state index in [2.05, 4.69) is 36.4 Å². The lowest BCUT2D eigenvalue weighted by Gasteiger charge is -2.34. The first-order valence-electron chi connectivity index (χ1n) is 18.2. The third-order valence-corrected chi connectivity index (χ3v) is 9.90. The Bertz CT molecular complexity index is 1280. The number of amides is 5. The Hall–Kier alpha value is -3.84. The molecule has 7 atom stereocenters. The standard InChI is InChI=1S/C35H58N8O6/c1-8-13-25(31(45)34(48)38-22(7)9-2)39-33(47)30-24-15-12-14-23(24)18-43(30)35(49)29(21(5)6)41-32(46)28(20(3)4)40-27(44)17-11-10-16-26-36-19-37-42-26/h19-25,28-30H,8-18H2,1-7H3,(H,38,48)(H,39,47)(H,40,44)(H,41,46)(H,36,37,42)/t22-,23+,24+,25?,28-,29+,30+/m1/s1. The van der Waals surface area contributed by atoms with E-state index >= 15 is 0 Å². The first kappa shape index (κ1) is 39.6. The molecular weight excluding hydrogens is 628 g/mol. The van der Waals surface area contributed by atoms with Crippen LogP contribution in [0.3, 0.4) is 0 Å². The van der Waals surface area contributed by atoms with E-state index in [1.54, 1.807) is 4.90 Å². The van der Waals surface area contributed by atoms with E-state index in [0.29, 0.717) is 38.6 Å². The van der Waals surface area contributed by atoms with Crippen molar-refractivity contribution in [2.45, 2.75) is 143 Å². The van der Waals surface area contributed by atoms with Gasteiger partial charge >= 0.3 is 0 Å². The fourth-order valence-electron chi connectivity index (χ4n) is 6.88. The number of hydrogen-bond donors (Lipinski definition) is 5. The molecular formula is C35H58N8O6. The lowest BCUT2D eigenvalue weighted by atomic mass is 9.92. The first-order valence-corrected chi connectivity index (χ1v) is 18.2. The Morgan fingerprint density at radius 1 is 0.918 bits per heavy atom. The number of fused-ring (bicyclic) bond motifs is 1. The molecule has 0 aromatic carbocycles. The van der Waals surface area contributed by atoms with E-state index in [-0.39, 0.29) is 47.9 Å². The van der Waals surface area contributed by atoms with Crippen molar-refractivity contribution < 1.29 is 28.8 Å². The molecule has 14 heteroatoms. The Balaban J connectivity index is 1.71. The van der Waals surface area contributed by atoms with Gasteiger partial charge < -0.3 is 31.2 Å². The smallest absolute Gasteiger partial charge is 0.289 e. The van der Waals surface area contributed by atoms with Crippen LogP contribution < -0.4 is 21.3 Å². The fraction of sp³-hybridized carbons (Fsp3) is 0.771. The Labute approximate surface area is 290 Å². The van der Waals surface area contributed by atoms with E-state index in [0.717, 1.165) is 31.5 Å². The van der Waals surface area contributed by atoms with Crippen molar-refractivity contribution in [1.29, 1.82) is 0 Å². The highest BCUT2D eigenvalue weighted by Gasteiger charge is 2.51. The molecule has 1 aromatic heterocycles. The molecule has 1 unspecified atom stereocenters. The van der Waals surface area contributed by atoms with Gasteiger partial charge in [0.2, 0.25) is 29.4 Å². The van der Waals surface area contributed by atoms with E-state index in [4.69, 9.17) is 0 Å². The van der Waals surface area contributed by atoms with Crippen LogP contribution in [0, 0.1) is 23.7 Å². The zero-order valence-electron chi connectivity index (χ0n) is 30.3. The zero-order valence-corrected chi connectivity index (χ0v) is 30.3. The van der Waals surface area contributed by atoms with Crippen molar-refractivity contribution >= 4 is 35.3 Å². The quantitative estimate of drug-likeness (QED) is 0.108. The minimum atomic E-state index is -1.00. The first-order chi connectivity index (χ1) is 23.3. The maximum atomic E-state index is 14.3. The highest BCUT2D eigenvalue weighted by molar-refractivity contribution is 6.38. The summed E-state index contributed by atoms with van der Waals surface area (Å²) >= 11 is 0. The number of carbonyl (C=O) groups excluding carboxylic acids is 6. The van der Waals surface area contributed by atoms with Crippen LogP contribution in [0.25, 0.3) is 0 Å². The Morgan fingerprint density at radius 3 is 2.24 bits per heavy atom. The number of nitrogens with zero attached hydrogens (tertiary/aromatic N) is 3. The number of carbonyl (C=O) groups is 6. The second-order valence-corrected chi connectivity index (χ2v) is 14.4. The van der Waals surface area contributed by atoms with Gasteiger partial charge in [0.25, 0.3) is 5.91 Å². The van der Waals surface area contributed by atoms with Gasteiger partial charge in [-0.05, 0) is 69.1 Å². The van der Waals surface area contributed by atoms with Crippen LogP contribution in [0.5, 0.6) is 0 Å². The van der Waals surface area contributed by atoms with Gasteiger partial charge in [-0.2, -0.15) is 0 Å². The third-order valence-electron chi connectivity index (χ3n) is 9.90. The number of aromatic nitrogens is 3. The summed E-state index contributed by atoms with van der Waals surface area (Å²) in [6, 6.07) is -3.79. The molecule has 3 rings (SSSR count). The van der Waals surface area contributed by atoms with Crippen LogP contribution in [-0.4, -0.2) is 92.2 Å². The molecule has 5 amide bonds. The minimum Gasteiger partial charge on any atom is -0.347 e. The number of ketones is 1. The number of unbranched alkanes of at least 4 members (excludes halogenated alkanes) is 1. The van der Waals surface area contributed by atoms with E-state index in [1.165, 1.54) is 6.33 Å². The van der Waals surface area contributed by atoms with E-state index in [9.17, 15) is 28.8 Å². The van der Waals surface area contributed by atoms with Gasteiger partial charge in [0, 0.05) is 25.4 Å². The van der Waals surface area contributed by atoms with Crippen molar-refractivity contribution in [1.82, 2.24) is 41.3 Å². The average Bonchev–Trinajstić information content (AvgIpc) is 3.81. The number of aromatic amines is 1. The molecule has 1 saturated heterocycles. The summed E-state index contributed by atoms with van der Waals surface area (Å²) in [5, 5.41) is 19.0. The molecule has 2 fully saturated rings. The number of likely N-dealkylation sites (tertiary alicyclic amines) is 1. The molecule has 49 heavy (non-hydrogen) atoms. The summed E-state index contributed by atoms with van der Waals surface area (Å²) in [5.74, 6) is -2.70. The SMILES string of the molecule is CCCC(NC(=O)[C@@H]1[C@H]2CCC[C@H]2CN1C(=O)[C@@H](NC(=O)[C@H](NC(=O)CCCCc1nnc[nH]1)C(C)C)C(C)C)C(=O)C(=O)N[C@H](C)CC. The number of hydrogen-bond acceptors (Lipinski definition) is 8. The molecule has 1 aliphatic heterocycles. The summed E-state index contributed by atoms with van der Waals surface area (Å²) in [7, 11) is 0. The Morgan fingerprint density at radius 2 is 1.63 bits per heavy atom. The summed E-state index contributed by atoms with van der Waals surface area (Å²) in [6.45, 7) is 13.3. The maximum Gasteiger partial charge on any atom is 0.289 e. The van der Waals surface area contributed by atoms with Crippen molar-refractivity contribution in [3.8, 4) is 0 Å². The molecule has 1 aromatic rings.